The molecule has 2 amide bonds. The van der Waals surface area contributed by atoms with Crippen LogP contribution in [0.1, 0.15) is 31.8 Å². The molecule has 0 saturated carbocycles. The Kier molecular flexibility index (Phi) is 6.97. The normalized spacial score (nSPS) is 13.4. The number of anilines is 1. The number of rotatable bonds is 4. The van der Waals surface area contributed by atoms with Crippen molar-refractivity contribution in [1.29, 1.82) is 0 Å². The number of benzene rings is 6. The van der Waals surface area contributed by atoms with Gasteiger partial charge in [0.15, 0.2) is 0 Å². The van der Waals surface area contributed by atoms with Gasteiger partial charge < -0.3 is 4.57 Å². The Morgan fingerprint density at radius 2 is 0.920 bits per heavy atom. The van der Waals surface area contributed by atoms with Crippen molar-refractivity contribution in [3.8, 4) is 27.9 Å². The van der Waals surface area contributed by atoms with Crippen molar-refractivity contribution in [1.82, 2.24) is 4.57 Å². The van der Waals surface area contributed by atoms with E-state index in [4.69, 9.17) is 0 Å². The second kappa shape index (κ2) is 11.2. The summed E-state index contributed by atoms with van der Waals surface area (Å²) in [6, 6.07) is 33.8. The van der Waals surface area contributed by atoms with Crippen molar-refractivity contribution in [3.05, 3.63) is 156 Å². The summed E-state index contributed by atoms with van der Waals surface area (Å²) in [4.78, 5) is 30.2. The molecular formula is C40H22F6N2O2. The van der Waals surface area contributed by atoms with Crippen molar-refractivity contribution in [2.24, 2.45) is 0 Å². The zero-order chi connectivity index (χ0) is 34.9. The van der Waals surface area contributed by atoms with Crippen LogP contribution in [0.25, 0.3) is 49.7 Å². The van der Waals surface area contributed by atoms with Gasteiger partial charge in [0.05, 0.1) is 44.7 Å². The summed E-state index contributed by atoms with van der Waals surface area (Å²) < 4.78 is 85.2. The number of aromatic nitrogens is 1. The molecule has 0 atom stereocenters. The van der Waals surface area contributed by atoms with E-state index in [-0.39, 0.29) is 38.6 Å². The molecule has 0 saturated heterocycles. The molecule has 50 heavy (non-hydrogen) atoms. The van der Waals surface area contributed by atoms with E-state index in [9.17, 15) is 35.9 Å². The highest BCUT2D eigenvalue weighted by atomic mass is 19.4. The predicted molar refractivity (Wildman–Crippen MR) is 179 cm³/mol. The molecule has 2 heterocycles. The summed E-state index contributed by atoms with van der Waals surface area (Å²) in [6.45, 7) is 0. The molecule has 0 spiro atoms. The molecule has 0 N–H and O–H groups in total. The fourth-order valence-corrected chi connectivity index (χ4v) is 6.77. The van der Waals surface area contributed by atoms with E-state index < -0.39 is 35.3 Å². The van der Waals surface area contributed by atoms with Crippen LogP contribution in [0.5, 0.6) is 0 Å². The van der Waals surface area contributed by atoms with Crippen LogP contribution in [-0.4, -0.2) is 16.4 Å². The number of carbonyl (C=O) groups is 2. The van der Waals surface area contributed by atoms with Crippen LogP contribution in [0.15, 0.2) is 133 Å². The van der Waals surface area contributed by atoms with Crippen molar-refractivity contribution >= 4 is 39.3 Å². The van der Waals surface area contributed by atoms with Crippen LogP contribution >= 0.6 is 0 Å². The van der Waals surface area contributed by atoms with E-state index in [0.29, 0.717) is 16.8 Å². The number of alkyl halides is 6. The number of hydrogen-bond donors (Lipinski definition) is 0. The number of fused-ring (bicyclic) bond motifs is 4. The lowest BCUT2D eigenvalue weighted by Crippen LogP contribution is -2.30. The van der Waals surface area contributed by atoms with Crippen LogP contribution < -0.4 is 4.90 Å². The van der Waals surface area contributed by atoms with Gasteiger partial charge in [0.25, 0.3) is 11.8 Å². The number of nitrogens with zero attached hydrogens (tertiary/aromatic N) is 2. The largest absolute Gasteiger partial charge is 0.416 e. The van der Waals surface area contributed by atoms with E-state index in [0.717, 1.165) is 40.3 Å². The van der Waals surface area contributed by atoms with Gasteiger partial charge in [-0.25, -0.2) is 4.90 Å². The molecule has 1 aromatic heterocycles. The third-order valence-corrected chi connectivity index (χ3v) is 8.99. The average Bonchev–Trinajstić information content (AvgIpc) is 3.57. The van der Waals surface area contributed by atoms with Gasteiger partial charge in [-0.15, -0.1) is 0 Å². The number of para-hydroxylation sites is 1. The second-order valence-corrected chi connectivity index (χ2v) is 11.9. The van der Waals surface area contributed by atoms with Gasteiger partial charge in [-0.05, 0) is 47.5 Å². The summed E-state index contributed by atoms with van der Waals surface area (Å²) >= 11 is 0. The first kappa shape index (κ1) is 31.1. The molecule has 0 fully saturated rings. The summed E-state index contributed by atoms with van der Waals surface area (Å²) in [6.07, 6.45) is -9.52. The van der Waals surface area contributed by atoms with E-state index in [1.807, 2.05) is 66.7 Å². The molecular weight excluding hydrogens is 654 g/mol. The quantitative estimate of drug-likeness (QED) is 0.138. The molecule has 1 aliphatic heterocycles. The Hall–Kier alpha value is -6.16. The van der Waals surface area contributed by atoms with Gasteiger partial charge in [0.1, 0.15) is 0 Å². The molecule has 0 aliphatic carbocycles. The molecule has 1 aliphatic rings. The van der Waals surface area contributed by atoms with Gasteiger partial charge >= 0.3 is 12.4 Å². The first-order valence-corrected chi connectivity index (χ1v) is 15.4. The van der Waals surface area contributed by atoms with Crippen LogP contribution in [0.2, 0.25) is 0 Å². The number of carbonyl (C=O) groups excluding carboxylic acids is 2. The Balaban J connectivity index is 1.41. The van der Waals surface area contributed by atoms with E-state index in [1.165, 1.54) is 34.9 Å². The van der Waals surface area contributed by atoms with Gasteiger partial charge in [-0.3, -0.25) is 9.59 Å². The smallest absolute Gasteiger partial charge is 0.308 e. The minimum absolute atomic E-state index is 0.0274. The molecule has 0 unspecified atom stereocenters. The number of amides is 2. The molecule has 6 aromatic carbocycles. The highest BCUT2D eigenvalue weighted by Crippen LogP contribution is 2.45. The molecule has 4 nitrogen and oxygen atoms in total. The predicted octanol–water partition coefficient (Wildman–Crippen LogP) is 11.0. The monoisotopic (exact) mass is 676 g/mol. The fourth-order valence-electron chi connectivity index (χ4n) is 6.77. The minimum Gasteiger partial charge on any atom is -0.308 e. The lowest BCUT2D eigenvalue weighted by Gasteiger charge is -2.23. The van der Waals surface area contributed by atoms with Crippen LogP contribution in [0.3, 0.4) is 0 Å². The topological polar surface area (TPSA) is 42.3 Å². The number of halogens is 6. The van der Waals surface area contributed by atoms with E-state index >= 15 is 0 Å². The Bertz CT molecular complexity index is 2370. The first-order valence-electron chi connectivity index (χ1n) is 15.4. The van der Waals surface area contributed by atoms with Gasteiger partial charge in [-0.2, -0.15) is 26.3 Å². The lowest BCUT2D eigenvalue weighted by atomic mass is 9.95. The van der Waals surface area contributed by atoms with Crippen LogP contribution in [0, 0.1) is 0 Å². The zero-order valence-electron chi connectivity index (χ0n) is 25.7. The van der Waals surface area contributed by atoms with Crippen LogP contribution in [0.4, 0.5) is 32.0 Å². The van der Waals surface area contributed by atoms with E-state index in [2.05, 4.69) is 0 Å². The molecule has 0 radical (unpaired) electrons. The first-order chi connectivity index (χ1) is 23.9. The van der Waals surface area contributed by atoms with Gasteiger partial charge in [0.2, 0.25) is 0 Å². The van der Waals surface area contributed by atoms with Crippen molar-refractivity contribution < 1.29 is 35.9 Å². The molecule has 10 heteroatoms. The average molecular weight is 677 g/mol. The Morgan fingerprint density at radius 3 is 1.40 bits per heavy atom. The third kappa shape index (κ3) is 4.86. The van der Waals surface area contributed by atoms with Crippen molar-refractivity contribution in [2.45, 2.75) is 12.4 Å². The highest BCUT2D eigenvalue weighted by Gasteiger charge is 2.42. The Morgan fingerprint density at radius 1 is 0.460 bits per heavy atom. The molecule has 246 valence electrons. The standard InChI is InChI=1S/C40H22F6N2O2/c41-39(42,43)25-17-19-29-30-20-18-26(40(44,45)46)22-34(30)47(33(29)21-25)32-16-8-15-31-35(32)38(50)48(37(31)49)36-27(23-9-3-1-4-10-23)13-7-14-28(36)24-11-5-2-6-12-24/h1-22H. The summed E-state index contributed by atoms with van der Waals surface area (Å²) in [5.41, 5.74) is 0.482. The zero-order valence-corrected chi connectivity index (χ0v) is 25.7. The molecule has 7 aromatic rings. The SMILES string of the molecule is O=C1c2cccc(-n3c4cc(C(F)(F)F)ccc4c4ccc(C(F)(F)F)cc43)c2C(=O)N1c1c(-c2ccccc2)cccc1-c1ccccc1. The maximum absolute atomic E-state index is 14.7. The summed E-state index contributed by atoms with van der Waals surface area (Å²) in [7, 11) is 0. The summed E-state index contributed by atoms with van der Waals surface area (Å²) in [5.74, 6) is -1.45. The van der Waals surface area contributed by atoms with Gasteiger partial charge in [-0.1, -0.05) is 97.1 Å². The van der Waals surface area contributed by atoms with Gasteiger partial charge in [0, 0.05) is 21.9 Å². The third-order valence-electron chi connectivity index (χ3n) is 8.99. The van der Waals surface area contributed by atoms with Crippen molar-refractivity contribution in [2.75, 3.05) is 4.90 Å². The van der Waals surface area contributed by atoms with E-state index in [1.54, 1.807) is 12.1 Å². The number of hydrogen-bond acceptors (Lipinski definition) is 2. The second-order valence-electron chi connectivity index (χ2n) is 11.9. The Labute approximate surface area is 280 Å². The maximum Gasteiger partial charge on any atom is 0.416 e. The lowest BCUT2D eigenvalue weighted by molar-refractivity contribution is -0.138. The number of imide groups is 1. The van der Waals surface area contributed by atoms with Crippen molar-refractivity contribution in [3.63, 3.8) is 0 Å². The molecule has 8 rings (SSSR count). The minimum atomic E-state index is -4.76. The maximum atomic E-state index is 14.7. The van der Waals surface area contributed by atoms with Crippen LogP contribution in [-0.2, 0) is 12.4 Å². The molecule has 0 bridgehead atoms. The summed E-state index contributed by atoms with van der Waals surface area (Å²) in [5, 5.41) is 0.488. The fraction of sp³-hybridized carbons (Fsp3) is 0.0500. The highest BCUT2D eigenvalue weighted by molar-refractivity contribution is 6.37.